The van der Waals surface area contributed by atoms with Gasteiger partial charge in [-0.25, -0.2) is 0 Å². The average Bonchev–Trinajstić information content (AvgIpc) is 2.92. The molecule has 1 aromatic rings. The number of rotatable bonds is 6. The maximum atomic E-state index is 5.66. The van der Waals surface area contributed by atoms with E-state index in [2.05, 4.69) is 17.3 Å². The summed E-state index contributed by atoms with van der Waals surface area (Å²) in [5.41, 5.74) is 3.93. The van der Waals surface area contributed by atoms with Gasteiger partial charge in [0.15, 0.2) is 0 Å². The Kier molecular flexibility index (Phi) is 4.92. The van der Waals surface area contributed by atoms with Gasteiger partial charge < -0.3 is 9.47 Å². The SMILES string of the molecule is CCCOc1cncc(C(NN)C2CCOC2)c1. The molecule has 1 fully saturated rings. The zero-order chi connectivity index (χ0) is 12.8. The number of ether oxygens (including phenoxy) is 2. The van der Waals surface area contributed by atoms with Gasteiger partial charge in [-0.3, -0.25) is 16.3 Å². The zero-order valence-corrected chi connectivity index (χ0v) is 10.8. The topological polar surface area (TPSA) is 69.4 Å². The monoisotopic (exact) mass is 251 g/mol. The van der Waals surface area contributed by atoms with Crippen LogP contribution in [-0.2, 0) is 4.74 Å². The normalized spacial score (nSPS) is 20.9. The second kappa shape index (κ2) is 6.68. The van der Waals surface area contributed by atoms with Crippen LogP contribution in [0.15, 0.2) is 18.5 Å². The standard InChI is InChI=1S/C13H21N3O2/c1-2-4-18-12-6-11(7-15-8-12)13(16-14)10-3-5-17-9-10/h6-8,10,13,16H,2-5,9,14H2,1H3. The Morgan fingerprint density at radius 2 is 2.50 bits per heavy atom. The predicted molar refractivity (Wildman–Crippen MR) is 69.0 cm³/mol. The van der Waals surface area contributed by atoms with E-state index in [1.165, 1.54) is 0 Å². The van der Waals surface area contributed by atoms with Gasteiger partial charge in [0, 0.05) is 18.7 Å². The molecule has 0 saturated carbocycles. The summed E-state index contributed by atoms with van der Waals surface area (Å²) < 4.78 is 11.0. The Labute approximate surface area is 108 Å². The highest BCUT2D eigenvalue weighted by atomic mass is 16.5. The van der Waals surface area contributed by atoms with Crippen LogP contribution >= 0.6 is 0 Å². The van der Waals surface area contributed by atoms with Crippen LogP contribution in [0.25, 0.3) is 0 Å². The summed E-state index contributed by atoms with van der Waals surface area (Å²) in [7, 11) is 0. The van der Waals surface area contributed by atoms with E-state index in [0.29, 0.717) is 12.5 Å². The van der Waals surface area contributed by atoms with Crippen molar-refractivity contribution in [2.45, 2.75) is 25.8 Å². The number of hydrogen-bond donors (Lipinski definition) is 2. The van der Waals surface area contributed by atoms with E-state index < -0.39 is 0 Å². The number of hydrogen-bond acceptors (Lipinski definition) is 5. The first-order valence-corrected chi connectivity index (χ1v) is 6.46. The first kappa shape index (κ1) is 13.3. The van der Waals surface area contributed by atoms with Crippen LogP contribution in [0.2, 0.25) is 0 Å². The molecule has 0 bridgehead atoms. The Balaban J connectivity index is 2.09. The van der Waals surface area contributed by atoms with Crippen LogP contribution in [-0.4, -0.2) is 24.8 Å². The lowest BCUT2D eigenvalue weighted by Gasteiger charge is -2.22. The van der Waals surface area contributed by atoms with E-state index in [4.69, 9.17) is 15.3 Å². The highest BCUT2D eigenvalue weighted by molar-refractivity contribution is 5.26. The molecule has 100 valence electrons. The van der Waals surface area contributed by atoms with Gasteiger partial charge in [-0.1, -0.05) is 6.92 Å². The molecule has 2 heterocycles. The predicted octanol–water partition coefficient (Wildman–Crippen LogP) is 1.41. The lowest BCUT2D eigenvalue weighted by Crippen LogP contribution is -2.34. The number of nitrogens with one attached hydrogen (secondary N) is 1. The molecule has 0 aromatic carbocycles. The van der Waals surface area contributed by atoms with Crippen LogP contribution in [0.1, 0.15) is 31.4 Å². The van der Waals surface area contributed by atoms with Gasteiger partial charge in [-0.15, -0.1) is 0 Å². The van der Waals surface area contributed by atoms with Gasteiger partial charge >= 0.3 is 0 Å². The molecule has 5 nitrogen and oxygen atoms in total. The van der Waals surface area contributed by atoms with Crippen LogP contribution in [0.3, 0.4) is 0 Å². The smallest absolute Gasteiger partial charge is 0.137 e. The molecule has 1 aliphatic rings. The Morgan fingerprint density at radius 3 is 3.17 bits per heavy atom. The zero-order valence-electron chi connectivity index (χ0n) is 10.8. The molecule has 0 amide bonds. The number of nitrogens with two attached hydrogens (primary N) is 1. The molecule has 1 aromatic heterocycles. The molecule has 2 unspecified atom stereocenters. The second-order valence-electron chi connectivity index (χ2n) is 4.57. The van der Waals surface area contributed by atoms with E-state index in [1.807, 2.05) is 12.3 Å². The van der Waals surface area contributed by atoms with Crippen LogP contribution in [0.5, 0.6) is 5.75 Å². The maximum absolute atomic E-state index is 5.66. The molecule has 1 aliphatic heterocycles. The number of hydrazine groups is 1. The summed E-state index contributed by atoms with van der Waals surface area (Å²) >= 11 is 0. The molecule has 5 heteroatoms. The third kappa shape index (κ3) is 3.19. The number of pyridine rings is 1. The molecule has 2 rings (SSSR count). The molecule has 0 spiro atoms. The lowest BCUT2D eigenvalue weighted by atomic mass is 9.94. The van der Waals surface area contributed by atoms with E-state index >= 15 is 0 Å². The minimum atomic E-state index is 0.0742. The average molecular weight is 251 g/mol. The molecular weight excluding hydrogens is 230 g/mol. The van der Waals surface area contributed by atoms with Gasteiger partial charge in [0.05, 0.1) is 25.5 Å². The van der Waals surface area contributed by atoms with Crippen molar-refractivity contribution >= 4 is 0 Å². The van der Waals surface area contributed by atoms with Crippen molar-refractivity contribution in [1.29, 1.82) is 0 Å². The minimum absolute atomic E-state index is 0.0742. The quantitative estimate of drug-likeness (QED) is 0.591. The Bertz CT molecular complexity index is 367. The van der Waals surface area contributed by atoms with Gasteiger partial charge in [-0.2, -0.15) is 0 Å². The summed E-state index contributed by atoms with van der Waals surface area (Å²) in [4.78, 5) is 4.22. The summed E-state index contributed by atoms with van der Waals surface area (Å²) in [6.07, 6.45) is 5.58. The van der Waals surface area contributed by atoms with Gasteiger partial charge in [0.1, 0.15) is 5.75 Å². The van der Waals surface area contributed by atoms with Gasteiger partial charge in [0.2, 0.25) is 0 Å². The Morgan fingerprint density at radius 1 is 1.61 bits per heavy atom. The van der Waals surface area contributed by atoms with E-state index in [1.54, 1.807) is 6.20 Å². The fourth-order valence-electron chi connectivity index (χ4n) is 2.22. The van der Waals surface area contributed by atoms with Crippen molar-refractivity contribution < 1.29 is 9.47 Å². The highest BCUT2D eigenvalue weighted by Gasteiger charge is 2.26. The van der Waals surface area contributed by atoms with E-state index in [-0.39, 0.29) is 6.04 Å². The fourth-order valence-corrected chi connectivity index (χ4v) is 2.22. The third-order valence-corrected chi connectivity index (χ3v) is 3.18. The van der Waals surface area contributed by atoms with E-state index in [9.17, 15) is 0 Å². The van der Waals surface area contributed by atoms with Crippen LogP contribution in [0.4, 0.5) is 0 Å². The van der Waals surface area contributed by atoms with Crippen molar-refractivity contribution in [2.75, 3.05) is 19.8 Å². The van der Waals surface area contributed by atoms with Crippen molar-refractivity contribution in [1.82, 2.24) is 10.4 Å². The van der Waals surface area contributed by atoms with Crippen LogP contribution in [0, 0.1) is 5.92 Å². The Hall–Kier alpha value is -1.17. The summed E-state index contributed by atoms with van der Waals surface area (Å²) in [6.45, 7) is 4.34. The van der Waals surface area contributed by atoms with Gasteiger partial charge in [-0.05, 0) is 24.5 Å². The van der Waals surface area contributed by atoms with Crippen molar-refractivity contribution in [3.8, 4) is 5.75 Å². The largest absolute Gasteiger partial charge is 0.492 e. The van der Waals surface area contributed by atoms with Gasteiger partial charge in [0.25, 0.3) is 0 Å². The molecule has 0 radical (unpaired) electrons. The molecule has 18 heavy (non-hydrogen) atoms. The summed E-state index contributed by atoms with van der Waals surface area (Å²) in [5.74, 6) is 6.86. The van der Waals surface area contributed by atoms with Crippen LogP contribution < -0.4 is 16.0 Å². The number of aromatic nitrogens is 1. The van der Waals surface area contributed by atoms with Crippen molar-refractivity contribution in [2.24, 2.45) is 11.8 Å². The minimum Gasteiger partial charge on any atom is -0.492 e. The summed E-state index contributed by atoms with van der Waals surface area (Å²) in [5, 5.41) is 0. The molecule has 3 N–H and O–H groups in total. The van der Waals surface area contributed by atoms with E-state index in [0.717, 1.165) is 37.4 Å². The highest BCUT2D eigenvalue weighted by Crippen LogP contribution is 2.29. The van der Waals surface area contributed by atoms with Crippen molar-refractivity contribution in [3.05, 3.63) is 24.0 Å². The lowest BCUT2D eigenvalue weighted by molar-refractivity contribution is 0.176. The number of nitrogens with zero attached hydrogens (tertiary/aromatic N) is 1. The molecule has 1 saturated heterocycles. The fraction of sp³-hybridized carbons (Fsp3) is 0.615. The molecule has 2 atom stereocenters. The first-order valence-electron chi connectivity index (χ1n) is 6.46. The second-order valence-corrected chi connectivity index (χ2v) is 4.57. The third-order valence-electron chi connectivity index (χ3n) is 3.18. The summed E-state index contributed by atoms with van der Waals surface area (Å²) in [6, 6.07) is 2.08. The maximum Gasteiger partial charge on any atom is 0.137 e. The molecular formula is C13H21N3O2. The molecule has 0 aliphatic carbocycles. The van der Waals surface area contributed by atoms with Crippen molar-refractivity contribution in [3.63, 3.8) is 0 Å². The first-order chi connectivity index (χ1) is 8.85.